The number of hydrogen-bond donors (Lipinski definition) is 2. The maximum Gasteiger partial charge on any atom is 0.254 e. The Hall–Kier alpha value is -0.700. The lowest BCUT2D eigenvalue weighted by Gasteiger charge is -2.28. The van der Waals surface area contributed by atoms with Gasteiger partial charge >= 0.3 is 0 Å². The molecule has 0 aromatic carbocycles. The topological polar surface area (TPSA) is 96.5 Å². The number of rotatable bonds is 2. The smallest absolute Gasteiger partial charge is 0.254 e. The van der Waals surface area contributed by atoms with Crippen LogP contribution in [0.5, 0.6) is 0 Å². The van der Waals surface area contributed by atoms with E-state index in [1.807, 2.05) is 0 Å². The summed E-state index contributed by atoms with van der Waals surface area (Å²) < 4.78 is 26.2. The van der Waals surface area contributed by atoms with Crippen LogP contribution in [-0.2, 0) is 10.0 Å². The zero-order valence-corrected chi connectivity index (χ0v) is 11.1. The molecule has 6 nitrogen and oxygen atoms in total. The Morgan fingerprint density at radius 2 is 2.06 bits per heavy atom. The summed E-state index contributed by atoms with van der Waals surface area (Å²) in [4.78, 5) is 3.93. The van der Waals surface area contributed by atoms with Gasteiger partial charge in [-0.05, 0) is 19.8 Å². The maximum absolute atomic E-state index is 12.3. The van der Waals surface area contributed by atoms with Gasteiger partial charge in [-0.25, -0.2) is 13.4 Å². The number of hydrogen-bond acceptors (Lipinski definition) is 6. The van der Waals surface area contributed by atoms with E-state index in [1.54, 1.807) is 6.92 Å². The summed E-state index contributed by atoms with van der Waals surface area (Å²) in [6, 6.07) is 0. The fourth-order valence-corrected chi connectivity index (χ4v) is 4.75. The first-order valence-electron chi connectivity index (χ1n) is 5.32. The Balaban J connectivity index is 2.28. The van der Waals surface area contributed by atoms with Gasteiger partial charge in [0.2, 0.25) is 0 Å². The van der Waals surface area contributed by atoms with E-state index in [9.17, 15) is 13.5 Å². The third kappa shape index (κ3) is 2.44. The fourth-order valence-electron chi connectivity index (χ4n) is 1.84. The molecule has 0 spiro atoms. The highest BCUT2D eigenvalue weighted by Crippen LogP contribution is 2.29. The fraction of sp³-hybridized carbons (Fsp3) is 0.667. The van der Waals surface area contributed by atoms with Crippen molar-refractivity contribution in [3.63, 3.8) is 0 Å². The Bertz CT molecular complexity index is 504. The van der Waals surface area contributed by atoms with Gasteiger partial charge in [0, 0.05) is 13.1 Å². The second-order valence-corrected chi connectivity index (χ2v) is 7.22. The zero-order chi connectivity index (χ0) is 12.6. The molecular weight excluding hydrogens is 262 g/mol. The van der Waals surface area contributed by atoms with Crippen LogP contribution >= 0.6 is 11.3 Å². The van der Waals surface area contributed by atoms with Gasteiger partial charge in [-0.2, -0.15) is 4.31 Å². The van der Waals surface area contributed by atoms with Crippen LogP contribution in [0, 0.1) is 6.92 Å². The Kier molecular flexibility index (Phi) is 3.39. The monoisotopic (exact) mass is 277 g/mol. The molecule has 2 rings (SSSR count). The first-order valence-corrected chi connectivity index (χ1v) is 7.58. The molecule has 0 radical (unpaired) electrons. The molecule has 1 aromatic rings. The normalized spacial score (nSPS) is 19.6. The second kappa shape index (κ2) is 4.52. The first-order chi connectivity index (χ1) is 7.91. The number of aromatic nitrogens is 1. The predicted octanol–water partition coefficient (Wildman–Crippen LogP) is 0.179. The van der Waals surface area contributed by atoms with Crippen molar-refractivity contribution in [3.05, 3.63) is 5.69 Å². The first kappa shape index (κ1) is 12.7. The number of anilines is 1. The van der Waals surface area contributed by atoms with E-state index in [0.717, 1.165) is 11.3 Å². The number of aliphatic hydroxyl groups excluding tert-OH is 1. The number of thiazole rings is 1. The van der Waals surface area contributed by atoms with Gasteiger partial charge in [0.1, 0.15) is 0 Å². The van der Waals surface area contributed by atoms with E-state index in [1.165, 1.54) is 4.31 Å². The van der Waals surface area contributed by atoms with Gasteiger partial charge in [-0.1, -0.05) is 11.3 Å². The van der Waals surface area contributed by atoms with Crippen LogP contribution in [0.4, 0.5) is 5.13 Å². The number of sulfonamides is 1. The van der Waals surface area contributed by atoms with Crippen molar-refractivity contribution in [1.29, 1.82) is 0 Å². The van der Waals surface area contributed by atoms with Crippen molar-refractivity contribution in [3.8, 4) is 0 Å². The minimum absolute atomic E-state index is 0.214. The van der Waals surface area contributed by atoms with E-state index in [-0.39, 0.29) is 9.34 Å². The van der Waals surface area contributed by atoms with E-state index >= 15 is 0 Å². The third-order valence-corrected chi connectivity index (χ3v) is 6.24. The molecule has 96 valence electrons. The Morgan fingerprint density at radius 3 is 2.53 bits per heavy atom. The summed E-state index contributed by atoms with van der Waals surface area (Å²) in [7, 11) is -3.50. The number of piperidine rings is 1. The molecule has 3 N–H and O–H groups in total. The molecule has 1 saturated heterocycles. The van der Waals surface area contributed by atoms with Crippen LogP contribution in [0.1, 0.15) is 18.5 Å². The van der Waals surface area contributed by atoms with Crippen LogP contribution in [0.2, 0.25) is 0 Å². The van der Waals surface area contributed by atoms with Crippen LogP contribution in [0.25, 0.3) is 0 Å². The van der Waals surface area contributed by atoms with Crippen LogP contribution in [0.3, 0.4) is 0 Å². The van der Waals surface area contributed by atoms with E-state index in [0.29, 0.717) is 31.6 Å². The van der Waals surface area contributed by atoms with Crippen molar-refractivity contribution < 1.29 is 13.5 Å². The predicted molar refractivity (Wildman–Crippen MR) is 65.3 cm³/mol. The minimum atomic E-state index is -3.50. The van der Waals surface area contributed by atoms with Gasteiger partial charge < -0.3 is 10.8 Å². The van der Waals surface area contributed by atoms with Crippen molar-refractivity contribution in [1.82, 2.24) is 9.29 Å². The molecule has 1 aliphatic rings. The van der Waals surface area contributed by atoms with Crippen LogP contribution in [-0.4, -0.2) is 42.0 Å². The highest BCUT2D eigenvalue weighted by atomic mass is 32.2. The summed E-state index contributed by atoms with van der Waals surface area (Å²) >= 11 is 0.990. The molecule has 0 atom stereocenters. The lowest BCUT2D eigenvalue weighted by Crippen LogP contribution is -2.39. The quantitative estimate of drug-likeness (QED) is 0.803. The Morgan fingerprint density at radius 1 is 1.47 bits per heavy atom. The number of nitrogens with zero attached hydrogens (tertiary/aromatic N) is 2. The van der Waals surface area contributed by atoms with Gasteiger partial charge in [0.25, 0.3) is 10.0 Å². The summed E-state index contributed by atoms with van der Waals surface area (Å²) in [5.41, 5.74) is 5.96. The molecule has 0 aliphatic carbocycles. The molecule has 1 fully saturated rings. The van der Waals surface area contributed by atoms with E-state index in [4.69, 9.17) is 5.73 Å². The van der Waals surface area contributed by atoms with Crippen molar-refractivity contribution >= 4 is 26.5 Å². The molecule has 2 heterocycles. The molecule has 0 bridgehead atoms. The average Bonchev–Trinajstić information content (AvgIpc) is 2.59. The zero-order valence-electron chi connectivity index (χ0n) is 9.46. The number of aliphatic hydroxyl groups is 1. The van der Waals surface area contributed by atoms with Crippen molar-refractivity contribution in [2.45, 2.75) is 30.1 Å². The molecule has 0 unspecified atom stereocenters. The van der Waals surface area contributed by atoms with Crippen LogP contribution < -0.4 is 5.73 Å². The standard InChI is InChI=1S/C9H15N3O3S2/c1-6-8(16-9(10)11-6)17(14,15)12-4-2-7(13)3-5-12/h7,13H,2-5H2,1H3,(H2,10,11). The molecule has 0 saturated carbocycles. The van der Waals surface area contributed by atoms with Crippen LogP contribution in [0.15, 0.2) is 4.21 Å². The lowest BCUT2D eigenvalue weighted by atomic mass is 10.1. The molecule has 0 amide bonds. The molecule has 17 heavy (non-hydrogen) atoms. The SMILES string of the molecule is Cc1nc(N)sc1S(=O)(=O)N1CCC(O)CC1. The summed E-state index contributed by atoms with van der Waals surface area (Å²) in [5.74, 6) is 0. The van der Waals surface area contributed by atoms with Gasteiger partial charge in [-0.3, -0.25) is 0 Å². The summed E-state index contributed by atoms with van der Waals surface area (Å²) in [6.45, 7) is 2.33. The summed E-state index contributed by atoms with van der Waals surface area (Å²) in [6.07, 6.45) is 0.563. The van der Waals surface area contributed by atoms with Crippen molar-refractivity contribution in [2.75, 3.05) is 18.8 Å². The minimum Gasteiger partial charge on any atom is -0.393 e. The van der Waals surface area contributed by atoms with Gasteiger partial charge in [0.05, 0.1) is 11.8 Å². The number of nitrogens with two attached hydrogens (primary N) is 1. The molecular formula is C9H15N3O3S2. The van der Waals surface area contributed by atoms with E-state index < -0.39 is 16.1 Å². The highest BCUT2D eigenvalue weighted by molar-refractivity contribution is 7.91. The van der Waals surface area contributed by atoms with Gasteiger partial charge in [-0.15, -0.1) is 0 Å². The molecule has 8 heteroatoms. The third-order valence-electron chi connectivity index (χ3n) is 2.77. The highest BCUT2D eigenvalue weighted by Gasteiger charge is 2.31. The molecule has 1 aromatic heterocycles. The summed E-state index contributed by atoms with van der Waals surface area (Å²) in [5, 5.41) is 9.63. The second-order valence-electron chi connectivity index (χ2n) is 4.06. The lowest BCUT2D eigenvalue weighted by molar-refractivity contribution is 0.113. The number of aryl methyl sites for hydroxylation is 1. The largest absolute Gasteiger partial charge is 0.393 e. The van der Waals surface area contributed by atoms with Crippen molar-refractivity contribution in [2.24, 2.45) is 0 Å². The number of nitrogen functional groups attached to an aromatic ring is 1. The van der Waals surface area contributed by atoms with E-state index in [2.05, 4.69) is 4.98 Å². The van der Waals surface area contributed by atoms with Gasteiger partial charge in [0.15, 0.2) is 9.34 Å². The molecule has 1 aliphatic heterocycles. The Labute approximate surface area is 104 Å². The maximum atomic E-state index is 12.3. The average molecular weight is 277 g/mol.